The van der Waals surface area contributed by atoms with Gasteiger partial charge in [0.05, 0.1) is 19.3 Å². The molecule has 0 spiro atoms. The van der Waals surface area contributed by atoms with E-state index in [4.69, 9.17) is 14.7 Å². The lowest BCUT2D eigenvalue weighted by atomic mass is 10.1. The maximum Gasteiger partial charge on any atom is 0.161 e. The summed E-state index contributed by atoms with van der Waals surface area (Å²) in [6.45, 7) is 5.17. The SMILES string of the molecule is CCOc1ccc(CCCC#N)cc1OCC. The summed E-state index contributed by atoms with van der Waals surface area (Å²) in [4.78, 5) is 0. The predicted molar refractivity (Wildman–Crippen MR) is 67.3 cm³/mol. The molecule has 0 aromatic heterocycles. The molecule has 0 amide bonds. The zero-order chi connectivity index (χ0) is 12.5. The fourth-order valence-electron chi connectivity index (χ4n) is 1.62. The molecule has 0 bridgehead atoms. The first-order chi connectivity index (χ1) is 8.31. The van der Waals surface area contributed by atoms with Gasteiger partial charge in [-0.05, 0) is 44.4 Å². The largest absolute Gasteiger partial charge is 0.490 e. The zero-order valence-corrected chi connectivity index (χ0v) is 10.5. The molecule has 0 saturated carbocycles. The molecule has 1 aromatic carbocycles. The summed E-state index contributed by atoms with van der Waals surface area (Å²) in [7, 11) is 0. The van der Waals surface area contributed by atoms with Crippen LogP contribution in [-0.4, -0.2) is 13.2 Å². The fourth-order valence-corrected chi connectivity index (χ4v) is 1.62. The van der Waals surface area contributed by atoms with Crippen LogP contribution in [0.3, 0.4) is 0 Å². The highest BCUT2D eigenvalue weighted by Crippen LogP contribution is 2.29. The summed E-state index contributed by atoms with van der Waals surface area (Å²) in [6, 6.07) is 8.13. The van der Waals surface area contributed by atoms with Crippen LogP contribution < -0.4 is 9.47 Å². The lowest BCUT2D eigenvalue weighted by Gasteiger charge is -2.12. The topological polar surface area (TPSA) is 42.2 Å². The van der Waals surface area contributed by atoms with E-state index >= 15 is 0 Å². The molecule has 92 valence electrons. The van der Waals surface area contributed by atoms with Gasteiger partial charge in [0.25, 0.3) is 0 Å². The van der Waals surface area contributed by atoms with Crippen LogP contribution >= 0.6 is 0 Å². The van der Waals surface area contributed by atoms with Gasteiger partial charge in [-0.2, -0.15) is 5.26 Å². The number of benzene rings is 1. The minimum atomic E-state index is 0.594. The number of hydrogen-bond donors (Lipinski definition) is 0. The molecule has 3 heteroatoms. The first kappa shape index (κ1) is 13.4. The van der Waals surface area contributed by atoms with Crippen LogP contribution in [0.2, 0.25) is 0 Å². The van der Waals surface area contributed by atoms with Crippen molar-refractivity contribution in [3.8, 4) is 17.6 Å². The molecule has 0 unspecified atom stereocenters. The molecule has 0 radical (unpaired) electrons. The Morgan fingerprint density at radius 1 is 1.12 bits per heavy atom. The summed E-state index contributed by atoms with van der Waals surface area (Å²) >= 11 is 0. The van der Waals surface area contributed by atoms with Crippen LogP contribution in [-0.2, 0) is 6.42 Å². The molecule has 0 aliphatic rings. The van der Waals surface area contributed by atoms with Gasteiger partial charge in [-0.15, -0.1) is 0 Å². The second kappa shape index (κ2) is 7.56. The van der Waals surface area contributed by atoms with E-state index < -0.39 is 0 Å². The van der Waals surface area contributed by atoms with Crippen molar-refractivity contribution in [3.05, 3.63) is 23.8 Å². The van der Waals surface area contributed by atoms with E-state index in [0.29, 0.717) is 19.6 Å². The molecule has 0 aliphatic carbocycles. The first-order valence-corrected chi connectivity index (χ1v) is 6.07. The number of nitriles is 1. The number of rotatable bonds is 7. The van der Waals surface area contributed by atoms with Gasteiger partial charge < -0.3 is 9.47 Å². The molecular weight excluding hydrogens is 214 g/mol. The van der Waals surface area contributed by atoms with E-state index in [9.17, 15) is 0 Å². The van der Waals surface area contributed by atoms with E-state index in [0.717, 1.165) is 24.3 Å². The first-order valence-electron chi connectivity index (χ1n) is 6.07. The average Bonchev–Trinajstić information content (AvgIpc) is 2.33. The highest BCUT2D eigenvalue weighted by atomic mass is 16.5. The molecule has 0 aliphatic heterocycles. The number of ether oxygens (including phenoxy) is 2. The zero-order valence-electron chi connectivity index (χ0n) is 10.5. The molecule has 0 heterocycles. The maximum absolute atomic E-state index is 8.50. The molecule has 0 N–H and O–H groups in total. The van der Waals surface area contributed by atoms with Gasteiger partial charge in [0.15, 0.2) is 11.5 Å². The minimum absolute atomic E-state index is 0.594. The van der Waals surface area contributed by atoms with Crippen molar-refractivity contribution in [1.29, 1.82) is 5.26 Å². The minimum Gasteiger partial charge on any atom is -0.490 e. The highest BCUT2D eigenvalue weighted by molar-refractivity contribution is 5.43. The molecule has 17 heavy (non-hydrogen) atoms. The third kappa shape index (κ3) is 4.36. The van der Waals surface area contributed by atoms with Crippen molar-refractivity contribution in [2.45, 2.75) is 33.1 Å². The van der Waals surface area contributed by atoms with Crippen molar-refractivity contribution >= 4 is 0 Å². The second-order valence-corrected chi connectivity index (χ2v) is 3.66. The van der Waals surface area contributed by atoms with Crippen LogP contribution in [0.1, 0.15) is 32.3 Å². The summed E-state index contributed by atoms with van der Waals surface area (Å²) < 4.78 is 11.0. The van der Waals surface area contributed by atoms with Crippen LogP contribution in [0.4, 0.5) is 0 Å². The van der Waals surface area contributed by atoms with Crippen LogP contribution in [0.15, 0.2) is 18.2 Å². The average molecular weight is 233 g/mol. The van der Waals surface area contributed by atoms with Gasteiger partial charge >= 0.3 is 0 Å². The van der Waals surface area contributed by atoms with Gasteiger partial charge in [0.1, 0.15) is 0 Å². The summed E-state index contributed by atoms with van der Waals surface area (Å²) in [5.74, 6) is 1.59. The molecule has 3 nitrogen and oxygen atoms in total. The molecule has 1 aromatic rings. The Balaban J connectivity index is 2.74. The van der Waals surface area contributed by atoms with E-state index in [1.807, 2.05) is 32.0 Å². The predicted octanol–water partition coefficient (Wildman–Crippen LogP) is 3.33. The van der Waals surface area contributed by atoms with Gasteiger partial charge in [-0.1, -0.05) is 6.07 Å². The van der Waals surface area contributed by atoms with Crippen LogP contribution in [0, 0.1) is 11.3 Å². The Hall–Kier alpha value is -1.69. The third-order valence-corrected chi connectivity index (χ3v) is 2.36. The number of aryl methyl sites for hydroxylation is 1. The van der Waals surface area contributed by atoms with Gasteiger partial charge in [-0.25, -0.2) is 0 Å². The van der Waals surface area contributed by atoms with Crippen molar-refractivity contribution in [1.82, 2.24) is 0 Å². The summed E-state index contributed by atoms with van der Waals surface area (Å²) in [6.07, 6.45) is 2.38. The maximum atomic E-state index is 8.50. The van der Waals surface area contributed by atoms with Crippen molar-refractivity contribution in [2.24, 2.45) is 0 Å². The Morgan fingerprint density at radius 3 is 2.47 bits per heavy atom. The number of nitrogens with zero attached hydrogens (tertiary/aromatic N) is 1. The Morgan fingerprint density at radius 2 is 1.82 bits per heavy atom. The Labute approximate surface area is 103 Å². The second-order valence-electron chi connectivity index (χ2n) is 3.66. The summed E-state index contributed by atoms with van der Waals surface area (Å²) in [5.41, 5.74) is 1.19. The van der Waals surface area contributed by atoms with Gasteiger partial charge in [-0.3, -0.25) is 0 Å². The molecule has 1 rings (SSSR count). The normalized spacial score (nSPS) is 9.71. The monoisotopic (exact) mass is 233 g/mol. The van der Waals surface area contributed by atoms with Gasteiger partial charge in [0.2, 0.25) is 0 Å². The molecule has 0 fully saturated rings. The summed E-state index contributed by atoms with van der Waals surface area (Å²) in [5, 5.41) is 8.50. The third-order valence-electron chi connectivity index (χ3n) is 2.36. The van der Waals surface area contributed by atoms with Crippen molar-refractivity contribution in [2.75, 3.05) is 13.2 Å². The van der Waals surface area contributed by atoms with E-state index in [2.05, 4.69) is 6.07 Å². The quantitative estimate of drug-likeness (QED) is 0.678. The van der Waals surface area contributed by atoms with E-state index in [-0.39, 0.29) is 0 Å². The lowest BCUT2D eigenvalue weighted by Crippen LogP contribution is -1.99. The van der Waals surface area contributed by atoms with Gasteiger partial charge in [0, 0.05) is 6.42 Å². The van der Waals surface area contributed by atoms with Crippen LogP contribution in [0.25, 0.3) is 0 Å². The van der Waals surface area contributed by atoms with Crippen molar-refractivity contribution < 1.29 is 9.47 Å². The number of unbranched alkanes of at least 4 members (excludes halogenated alkanes) is 1. The van der Waals surface area contributed by atoms with Crippen LogP contribution in [0.5, 0.6) is 11.5 Å². The standard InChI is InChI=1S/C14H19NO2/c1-3-16-13-9-8-12(7-5-6-10-15)11-14(13)17-4-2/h8-9,11H,3-7H2,1-2H3. The highest BCUT2D eigenvalue weighted by Gasteiger charge is 2.05. The lowest BCUT2D eigenvalue weighted by molar-refractivity contribution is 0.287. The Bertz CT molecular complexity index is 382. The fraction of sp³-hybridized carbons (Fsp3) is 0.500. The smallest absolute Gasteiger partial charge is 0.161 e. The number of hydrogen-bond acceptors (Lipinski definition) is 3. The van der Waals surface area contributed by atoms with E-state index in [1.54, 1.807) is 0 Å². The molecule has 0 atom stereocenters. The molecule has 0 saturated heterocycles. The van der Waals surface area contributed by atoms with E-state index in [1.165, 1.54) is 5.56 Å². The molecular formula is C14H19NO2. The Kier molecular flexibility index (Phi) is 5.95. The van der Waals surface area contributed by atoms with Crippen molar-refractivity contribution in [3.63, 3.8) is 0 Å².